The zero-order valence-electron chi connectivity index (χ0n) is 18.9. The number of nitrogens with zero attached hydrogens (tertiary/aromatic N) is 3. The third-order valence-corrected chi connectivity index (χ3v) is 6.20. The number of hydrogen-bond donors (Lipinski definition) is 0. The Bertz CT molecular complexity index is 1120. The summed E-state index contributed by atoms with van der Waals surface area (Å²) in [6.45, 7) is 7.92. The minimum absolute atomic E-state index is 0.157. The van der Waals surface area contributed by atoms with Gasteiger partial charge in [-0.15, -0.1) is 0 Å². The fourth-order valence-electron chi connectivity index (χ4n) is 4.06. The maximum absolute atomic E-state index is 13.3. The van der Waals surface area contributed by atoms with Crippen molar-refractivity contribution in [3.05, 3.63) is 71.1 Å². The van der Waals surface area contributed by atoms with E-state index in [2.05, 4.69) is 34.0 Å². The quantitative estimate of drug-likeness (QED) is 0.535. The standard InChI is InChI=1S/C26H29N3O2/c1-16-10-20(21-14-27-17(2)28-15-21)8-9-22(16)26(3,4)24(30)12-18-11-23(31-5)25(29-13-18)19-6-7-19/h8-11,13-15,19H,6-7,12H2,1-5H3. The van der Waals surface area contributed by atoms with Crippen LogP contribution >= 0.6 is 0 Å². The monoisotopic (exact) mass is 415 g/mol. The van der Waals surface area contributed by atoms with Crippen LogP contribution in [0.5, 0.6) is 5.75 Å². The molecule has 4 rings (SSSR count). The molecule has 160 valence electrons. The van der Waals surface area contributed by atoms with Gasteiger partial charge in [0.1, 0.15) is 17.4 Å². The van der Waals surface area contributed by atoms with E-state index in [4.69, 9.17) is 4.74 Å². The minimum Gasteiger partial charge on any atom is -0.495 e. The van der Waals surface area contributed by atoms with Crippen molar-refractivity contribution in [1.29, 1.82) is 0 Å². The van der Waals surface area contributed by atoms with E-state index < -0.39 is 5.41 Å². The van der Waals surface area contributed by atoms with Gasteiger partial charge in [0.25, 0.3) is 0 Å². The van der Waals surface area contributed by atoms with E-state index in [0.717, 1.165) is 45.1 Å². The fourth-order valence-corrected chi connectivity index (χ4v) is 4.06. The zero-order valence-corrected chi connectivity index (χ0v) is 18.9. The van der Waals surface area contributed by atoms with Crippen molar-refractivity contribution in [3.63, 3.8) is 0 Å². The van der Waals surface area contributed by atoms with Crippen LogP contribution in [-0.2, 0) is 16.6 Å². The molecule has 2 heterocycles. The molecule has 0 amide bonds. The Morgan fingerprint density at radius 2 is 1.74 bits per heavy atom. The minimum atomic E-state index is -0.616. The maximum Gasteiger partial charge on any atom is 0.147 e. The van der Waals surface area contributed by atoms with E-state index in [1.165, 1.54) is 12.8 Å². The van der Waals surface area contributed by atoms with E-state index in [1.807, 2.05) is 51.5 Å². The Labute approximate surface area is 183 Å². The summed E-state index contributed by atoms with van der Waals surface area (Å²) in [4.78, 5) is 26.5. The van der Waals surface area contributed by atoms with Crippen molar-refractivity contribution in [2.24, 2.45) is 0 Å². The highest BCUT2D eigenvalue weighted by Crippen LogP contribution is 2.43. The predicted octanol–water partition coefficient (Wildman–Crippen LogP) is 5.13. The summed E-state index contributed by atoms with van der Waals surface area (Å²) in [6.07, 6.45) is 8.15. The highest BCUT2D eigenvalue weighted by atomic mass is 16.5. The van der Waals surface area contributed by atoms with Gasteiger partial charge in [0.05, 0.1) is 12.8 Å². The van der Waals surface area contributed by atoms with E-state index in [1.54, 1.807) is 7.11 Å². The number of pyridine rings is 1. The third-order valence-electron chi connectivity index (χ3n) is 6.20. The van der Waals surface area contributed by atoms with Crippen LogP contribution in [0.15, 0.2) is 42.9 Å². The van der Waals surface area contributed by atoms with E-state index in [9.17, 15) is 4.79 Å². The Morgan fingerprint density at radius 3 is 2.35 bits per heavy atom. The number of carbonyl (C=O) groups excluding carboxylic acids is 1. The first-order chi connectivity index (χ1) is 14.8. The van der Waals surface area contributed by atoms with Gasteiger partial charge in [0, 0.05) is 41.9 Å². The van der Waals surface area contributed by atoms with Crippen molar-refractivity contribution in [3.8, 4) is 16.9 Å². The van der Waals surface area contributed by atoms with Crippen molar-refractivity contribution >= 4 is 5.78 Å². The summed E-state index contributed by atoms with van der Waals surface area (Å²) in [5.74, 6) is 2.22. The summed E-state index contributed by atoms with van der Waals surface area (Å²) in [7, 11) is 1.67. The van der Waals surface area contributed by atoms with Gasteiger partial charge in [-0.2, -0.15) is 0 Å². The number of aryl methyl sites for hydroxylation is 2. The molecule has 0 unspecified atom stereocenters. The zero-order chi connectivity index (χ0) is 22.2. The van der Waals surface area contributed by atoms with Crippen molar-refractivity contribution < 1.29 is 9.53 Å². The first kappa shape index (κ1) is 21.2. The van der Waals surface area contributed by atoms with Crippen LogP contribution in [0.25, 0.3) is 11.1 Å². The normalized spacial score (nSPS) is 13.8. The number of hydrogen-bond acceptors (Lipinski definition) is 5. The number of Topliss-reactive ketones (excluding diaryl/α,β-unsaturated/α-hetero) is 1. The molecular weight excluding hydrogens is 386 g/mol. The number of benzene rings is 1. The number of aromatic nitrogens is 3. The number of carbonyl (C=O) groups is 1. The molecule has 31 heavy (non-hydrogen) atoms. The van der Waals surface area contributed by atoms with Gasteiger partial charge in [0.2, 0.25) is 0 Å². The summed E-state index contributed by atoms with van der Waals surface area (Å²) >= 11 is 0. The van der Waals surface area contributed by atoms with Crippen LogP contribution in [-0.4, -0.2) is 27.8 Å². The molecule has 5 nitrogen and oxygen atoms in total. The number of methoxy groups -OCH3 is 1. The molecule has 0 atom stereocenters. The molecule has 2 aromatic heterocycles. The molecule has 1 fully saturated rings. The molecule has 0 aliphatic heterocycles. The molecule has 0 radical (unpaired) electrons. The second kappa shape index (κ2) is 8.22. The molecule has 0 bridgehead atoms. The van der Waals surface area contributed by atoms with Crippen LogP contribution in [0.2, 0.25) is 0 Å². The first-order valence-electron chi connectivity index (χ1n) is 10.8. The van der Waals surface area contributed by atoms with Crippen LogP contribution in [0.3, 0.4) is 0 Å². The average molecular weight is 416 g/mol. The first-order valence-corrected chi connectivity index (χ1v) is 10.8. The van der Waals surface area contributed by atoms with Gasteiger partial charge in [-0.3, -0.25) is 9.78 Å². The van der Waals surface area contributed by atoms with Crippen LogP contribution in [0.4, 0.5) is 0 Å². The molecule has 1 saturated carbocycles. The highest BCUT2D eigenvalue weighted by Gasteiger charge is 2.32. The molecule has 3 aromatic rings. The van der Waals surface area contributed by atoms with Crippen LogP contribution in [0, 0.1) is 13.8 Å². The SMILES string of the molecule is COc1cc(CC(=O)C(C)(C)c2ccc(-c3cnc(C)nc3)cc2C)cnc1C1CC1. The second-order valence-electron chi connectivity index (χ2n) is 8.98. The lowest BCUT2D eigenvalue weighted by Crippen LogP contribution is -2.31. The van der Waals surface area contributed by atoms with Gasteiger partial charge in [0.15, 0.2) is 0 Å². The second-order valence-corrected chi connectivity index (χ2v) is 8.98. The average Bonchev–Trinajstić information content (AvgIpc) is 3.59. The molecule has 5 heteroatoms. The number of rotatable bonds is 7. The lowest BCUT2D eigenvalue weighted by molar-refractivity contribution is -0.122. The summed E-state index contributed by atoms with van der Waals surface area (Å²) < 4.78 is 5.54. The molecule has 0 spiro atoms. The van der Waals surface area contributed by atoms with Gasteiger partial charge in [-0.25, -0.2) is 9.97 Å². The topological polar surface area (TPSA) is 65.0 Å². The molecule has 1 aliphatic carbocycles. The highest BCUT2D eigenvalue weighted by molar-refractivity contribution is 5.91. The number of ketones is 1. The van der Waals surface area contributed by atoms with Crippen molar-refractivity contribution in [1.82, 2.24) is 15.0 Å². The van der Waals surface area contributed by atoms with Crippen molar-refractivity contribution in [2.45, 2.75) is 58.3 Å². The van der Waals surface area contributed by atoms with Crippen LogP contribution < -0.4 is 4.74 Å². The third kappa shape index (κ3) is 4.36. The fraction of sp³-hybridized carbons (Fsp3) is 0.385. The molecular formula is C26H29N3O2. The number of ether oxygens (including phenoxy) is 1. The Kier molecular flexibility index (Phi) is 5.61. The molecule has 0 saturated heterocycles. The predicted molar refractivity (Wildman–Crippen MR) is 121 cm³/mol. The summed E-state index contributed by atoms with van der Waals surface area (Å²) in [5, 5.41) is 0. The maximum atomic E-state index is 13.3. The van der Waals surface area contributed by atoms with E-state index in [-0.39, 0.29) is 5.78 Å². The summed E-state index contributed by atoms with van der Waals surface area (Å²) in [6, 6.07) is 8.17. The van der Waals surface area contributed by atoms with Gasteiger partial charge < -0.3 is 4.74 Å². The smallest absolute Gasteiger partial charge is 0.147 e. The Hall–Kier alpha value is -3.08. The molecule has 1 aromatic carbocycles. The lowest BCUT2D eigenvalue weighted by Gasteiger charge is -2.26. The molecule has 1 aliphatic rings. The van der Waals surface area contributed by atoms with Gasteiger partial charge in [-0.1, -0.05) is 18.2 Å². The Balaban J connectivity index is 1.56. The van der Waals surface area contributed by atoms with E-state index in [0.29, 0.717) is 12.3 Å². The lowest BCUT2D eigenvalue weighted by atomic mass is 9.76. The van der Waals surface area contributed by atoms with Gasteiger partial charge >= 0.3 is 0 Å². The molecule has 0 N–H and O–H groups in total. The largest absolute Gasteiger partial charge is 0.495 e. The van der Waals surface area contributed by atoms with Crippen LogP contribution in [0.1, 0.15) is 60.8 Å². The summed E-state index contributed by atoms with van der Waals surface area (Å²) in [5.41, 5.74) is 5.43. The Morgan fingerprint density at radius 1 is 1.03 bits per heavy atom. The van der Waals surface area contributed by atoms with Crippen molar-refractivity contribution in [2.75, 3.05) is 7.11 Å². The van der Waals surface area contributed by atoms with Gasteiger partial charge in [-0.05, 0) is 68.9 Å². The van der Waals surface area contributed by atoms with E-state index >= 15 is 0 Å².